The number of hydrogen-bond donors (Lipinski definition) is 0. The van der Waals surface area contributed by atoms with Crippen LogP contribution < -0.4 is 23.8 Å². The third-order valence-corrected chi connectivity index (χ3v) is 6.28. The molecule has 0 radical (unpaired) electrons. The SMILES string of the molecule is CCS(=O)(=O)OP([O-])(F)(F)OS(=O)(=O)CC.[Li+]. The minimum Gasteiger partial charge on any atom is 1.00 e. The molecule has 0 saturated heterocycles. The normalized spacial score (nSPS) is 15.7. The van der Waals surface area contributed by atoms with Gasteiger partial charge in [0.25, 0.3) is 0 Å². The van der Waals surface area contributed by atoms with E-state index in [0.717, 1.165) is 13.8 Å². The molecule has 0 aromatic heterocycles. The van der Waals surface area contributed by atoms with Crippen molar-refractivity contribution in [2.75, 3.05) is 11.5 Å². The molecule has 0 aliphatic heterocycles. The number of halogens is 2. The Hall–Kier alpha value is 0.667. The van der Waals surface area contributed by atoms with Crippen LogP contribution in [0.2, 0.25) is 0 Å². The number of hydrogen-bond acceptors (Lipinski definition) is 7. The molecule has 0 heterocycles. The molecule has 17 heavy (non-hydrogen) atoms. The van der Waals surface area contributed by atoms with Crippen LogP contribution in [0.1, 0.15) is 13.8 Å². The molecule has 0 fully saturated rings. The molecule has 7 nitrogen and oxygen atoms in total. The molecule has 0 amide bonds. The van der Waals surface area contributed by atoms with Crippen molar-refractivity contribution < 1.29 is 56.9 Å². The summed E-state index contributed by atoms with van der Waals surface area (Å²) >= 11 is 0. The molecule has 0 aromatic carbocycles. The van der Waals surface area contributed by atoms with Crippen LogP contribution in [-0.2, 0) is 28.2 Å². The van der Waals surface area contributed by atoms with Crippen molar-refractivity contribution in [2.45, 2.75) is 13.8 Å². The van der Waals surface area contributed by atoms with Crippen LogP contribution >= 0.6 is 7.91 Å². The van der Waals surface area contributed by atoms with Crippen LogP contribution in [-0.4, -0.2) is 28.3 Å². The van der Waals surface area contributed by atoms with Crippen molar-refractivity contribution in [3.8, 4) is 0 Å². The second-order valence-corrected chi connectivity index (χ2v) is 8.52. The van der Waals surface area contributed by atoms with Gasteiger partial charge in [-0.3, -0.25) is 0 Å². The molecule has 0 saturated carbocycles. The average Bonchev–Trinajstić information content (AvgIpc) is 1.99. The summed E-state index contributed by atoms with van der Waals surface area (Å²) in [6.07, 6.45) is 0. The van der Waals surface area contributed by atoms with Crippen LogP contribution in [0.15, 0.2) is 0 Å². The van der Waals surface area contributed by atoms with E-state index in [2.05, 4.69) is 7.94 Å². The fourth-order valence-corrected chi connectivity index (χ4v) is 4.50. The molecular formula is C4H10F2LiO7PS2. The van der Waals surface area contributed by atoms with Gasteiger partial charge >= 0.3 is 110 Å². The molecule has 0 aliphatic rings. The summed E-state index contributed by atoms with van der Waals surface area (Å²) in [6, 6.07) is 0. The quantitative estimate of drug-likeness (QED) is 0.383. The van der Waals surface area contributed by atoms with Crippen molar-refractivity contribution in [3.05, 3.63) is 0 Å². The van der Waals surface area contributed by atoms with Gasteiger partial charge < -0.3 is 0 Å². The Balaban J connectivity index is 0. The Bertz CT molecular complexity index is 412. The van der Waals surface area contributed by atoms with Gasteiger partial charge in [-0.1, -0.05) is 0 Å². The Kier molecular flexibility index (Phi) is 6.77. The largest absolute Gasteiger partial charge is 1.00 e. The molecule has 0 aromatic rings. The van der Waals surface area contributed by atoms with Gasteiger partial charge in [-0.25, -0.2) is 0 Å². The summed E-state index contributed by atoms with van der Waals surface area (Å²) in [7, 11) is -17.5. The van der Waals surface area contributed by atoms with Gasteiger partial charge in [0, 0.05) is 0 Å². The van der Waals surface area contributed by atoms with E-state index in [9.17, 15) is 30.1 Å². The van der Waals surface area contributed by atoms with E-state index in [4.69, 9.17) is 0 Å². The summed E-state index contributed by atoms with van der Waals surface area (Å²) in [5.41, 5.74) is 0. The van der Waals surface area contributed by atoms with Gasteiger partial charge in [0.15, 0.2) is 0 Å². The Labute approximate surface area is 110 Å². The van der Waals surface area contributed by atoms with Crippen molar-refractivity contribution >= 4 is 28.1 Å². The van der Waals surface area contributed by atoms with Gasteiger partial charge in [0.1, 0.15) is 0 Å². The van der Waals surface area contributed by atoms with E-state index >= 15 is 0 Å². The summed E-state index contributed by atoms with van der Waals surface area (Å²) in [5.74, 6) is -1.81. The van der Waals surface area contributed by atoms with Gasteiger partial charge in [-0.05, 0) is 0 Å². The first kappa shape index (κ1) is 20.0. The first-order valence-corrected chi connectivity index (χ1v) is 8.80. The summed E-state index contributed by atoms with van der Waals surface area (Å²) in [5, 5.41) is 0. The van der Waals surface area contributed by atoms with E-state index in [1.807, 2.05) is 0 Å². The van der Waals surface area contributed by atoms with Gasteiger partial charge in [0.05, 0.1) is 0 Å². The third kappa shape index (κ3) is 8.39. The van der Waals surface area contributed by atoms with Crippen LogP contribution in [0.3, 0.4) is 0 Å². The van der Waals surface area contributed by atoms with Crippen LogP contribution in [0.5, 0.6) is 0 Å². The molecular weight excluding hydrogens is 300 g/mol. The van der Waals surface area contributed by atoms with E-state index in [1.165, 1.54) is 0 Å². The summed E-state index contributed by atoms with van der Waals surface area (Å²) < 4.78 is 74.3. The van der Waals surface area contributed by atoms with Crippen molar-refractivity contribution in [2.24, 2.45) is 0 Å². The maximum atomic E-state index is 12.8. The summed E-state index contributed by atoms with van der Waals surface area (Å²) in [6.45, 7) is 1.88. The summed E-state index contributed by atoms with van der Waals surface area (Å²) in [4.78, 5) is 10.6. The first-order valence-electron chi connectivity index (χ1n) is 3.88. The van der Waals surface area contributed by atoms with Crippen LogP contribution in [0, 0.1) is 0 Å². The monoisotopic (exact) mass is 310 g/mol. The van der Waals surface area contributed by atoms with Gasteiger partial charge in [-0.15, -0.1) is 0 Å². The second-order valence-electron chi connectivity index (χ2n) is 2.54. The zero-order valence-electron chi connectivity index (χ0n) is 9.29. The van der Waals surface area contributed by atoms with E-state index in [1.54, 1.807) is 0 Å². The topological polar surface area (TPSA) is 110 Å². The smallest absolute Gasteiger partial charge is 1.00 e. The predicted octanol–water partition coefficient (Wildman–Crippen LogP) is -2.85. The molecule has 0 atom stereocenters. The van der Waals surface area contributed by atoms with Crippen LogP contribution in [0.25, 0.3) is 0 Å². The zero-order valence-corrected chi connectivity index (χ0v) is 11.8. The minimum absolute atomic E-state index is 0. The standard InChI is InChI=1S/C4H10F2O7PS2.Li/c1-3-15(8,9)12-14(5,6,7)13-16(10,11)4-2;/h3-4H2,1-2H3;/q-1;+1. The van der Waals surface area contributed by atoms with Crippen molar-refractivity contribution in [3.63, 3.8) is 0 Å². The predicted molar refractivity (Wildman–Crippen MR) is 50.2 cm³/mol. The fourth-order valence-electron chi connectivity index (χ4n) is 0.475. The molecule has 13 heteroatoms. The van der Waals surface area contributed by atoms with E-state index in [0.29, 0.717) is 0 Å². The number of rotatable bonds is 6. The zero-order chi connectivity index (χ0) is 13.3. The van der Waals surface area contributed by atoms with Gasteiger partial charge in [-0.2, -0.15) is 0 Å². The maximum absolute atomic E-state index is 12.8. The third-order valence-electron chi connectivity index (χ3n) is 1.17. The van der Waals surface area contributed by atoms with E-state index < -0.39 is 39.6 Å². The Morgan fingerprint density at radius 3 is 1.41 bits per heavy atom. The first-order chi connectivity index (χ1) is 6.80. The van der Waals surface area contributed by atoms with Crippen LogP contribution in [0.4, 0.5) is 8.39 Å². The second kappa shape index (κ2) is 5.75. The molecule has 0 aliphatic carbocycles. The Morgan fingerprint density at radius 2 is 1.24 bits per heavy atom. The van der Waals surface area contributed by atoms with Crippen molar-refractivity contribution in [1.29, 1.82) is 0 Å². The molecule has 0 spiro atoms. The maximum Gasteiger partial charge on any atom is 1.00 e. The fraction of sp³-hybridized carbons (Fsp3) is 1.00. The van der Waals surface area contributed by atoms with Gasteiger partial charge in [0.2, 0.25) is 0 Å². The Morgan fingerprint density at radius 1 is 1.00 bits per heavy atom. The molecule has 100 valence electrons. The molecule has 0 bridgehead atoms. The molecule has 0 N–H and O–H groups in total. The minimum atomic E-state index is -7.91. The molecule has 0 rings (SSSR count). The average molecular weight is 310 g/mol. The van der Waals surface area contributed by atoms with E-state index in [-0.39, 0.29) is 18.9 Å². The molecule has 0 unspecified atom stereocenters. The van der Waals surface area contributed by atoms with Crippen molar-refractivity contribution in [1.82, 2.24) is 0 Å².